The van der Waals surface area contributed by atoms with Gasteiger partial charge in [0.05, 0.1) is 0 Å². The summed E-state index contributed by atoms with van der Waals surface area (Å²) in [5.41, 5.74) is 1.97. The van der Waals surface area contributed by atoms with E-state index in [-0.39, 0.29) is 0 Å². The van der Waals surface area contributed by atoms with Crippen molar-refractivity contribution in [1.82, 2.24) is 9.97 Å². The minimum absolute atomic E-state index is 0.661. The molecule has 110 valence electrons. The largest absolute Gasteiger partial charge is 0.356 e. The van der Waals surface area contributed by atoms with E-state index < -0.39 is 0 Å². The first-order valence-corrected chi connectivity index (χ1v) is 8.13. The standard InChI is InChI=1S/C16H19BrN4/c1-12-10-15(21-8-3-2-4-9-21)20-16(18-12)19-14-7-5-6-13(17)11-14/h5-7,10-11H,2-4,8-9H2,1H3,(H,18,19,20). The van der Waals surface area contributed by atoms with Gasteiger partial charge >= 0.3 is 0 Å². The highest BCUT2D eigenvalue weighted by atomic mass is 79.9. The van der Waals surface area contributed by atoms with Gasteiger partial charge in [-0.2, -0.15) is 4.98 Å². The molecule has 0 unspecified atom stereocenters. The summed E-state index contributed by atoms with van der Waals surface area (Å²) in [7, 11) is 0. The third kappa shape index (κ3) is 3.73. The van der Waals surface area contributed by atoms with Gasteiger partial charge in [0.25, 0.3) is 0 Å². The highest BCUT2D eigenvalue weighted by Crippen LogP contribution is 2.22. The first-order valence-electron chi connectivity index (χ1n) is 7.34. The number of aromatic nitrogens is 2. The Morgan fingerprint density at radius 1 is 1.10 bits per heavy atom. The minimum Gasteiger partial charge on any atom is -0.356 e. The third-order valence-corrected chi connectivity index (χ3v) is 4.09. The lowest BCUT2D eigenvalue weighted by Crippen LogP contribution is -2.30. The van der Waals surface area contributed by atoms with E-state index in [1.807, 2.05) is 31.2 Å². The number of nitrogens with zero attached hydrogens (tertiary/aromatic N) is 3. The zero-order valence-electron chi connectivity index (χ0n) is 12.1. The summed E-state index contributed by atoms with van der Waals surface area (Å²) >= 11 is 3.48. The summed E-state index contributed by atoms with van der Waals surface area (Å²) in [6.45, 7) is 4.20. The Labute approximate surface area is 133 Å². The minimum atomic E-state index is 0.661. The Balaban J connectivity index is 1.83. The molecule has 1 N–H and O–H groups in total. The fourth-order valence-corrected chi connectivity index (χ4v) is 2.99. The number of benzene rings is 1. The number of rotatable bonds is 3. The molecule has 0 bridgehead atoms. The Morgan fingerprint density at radius 3 is 2.67 bits per heavy atom. The fourth-order valence-electron chi connectivity index (χ4n) is 2.59. The van der Waals surface area contributed by atoms with Crippen LogP contribution < -0.4 is 10.2 Å². The molecular weight excluding hydrogens is 328 g/mol. The van der Waals surface area contributed by atoms with Crippen molar-refractivity contribution in [2.45, 2.75) is 26.2 Å². The predicted octanol–water partition coefficient (Wildman–Crippen LogP) is 4.28. The van der Waals surface area contributed by atoms with E-state index in [1.165, 1.54) is 19.3 Å². The molecule has 1 saturated heterocycles. The smallest absolute Gasteiger partial charge is 0.229 e. The van der Waals surface area contributed by atoms with Gasteiger partial charge in [-0.1, -0.05) is 22.0 Å². The van der Waals surface area contributed by atoms with Crippen LogP contribution in [0.15, 0.2) is 34.8 Å². The van der Waals surface area contributed by atoms with Crippen LogP contribution in [-0.2, 0) is 0 Å². The molecule has 0 saturated carbocycles. The van der Waals surface area contributed by atoms with Crippen molar-refractivity contribution < 1.29 is 0 Å². The second kappa shape index (κ2) is 6.43. The number of hydrogen-bond donors (Lipinski definition) is 1. The molecule has 2 aromatic rings. The maximum absolute atomic E-state index is 4.67. The molecule has 0 radical (unpaired) electrons. The van der Waals surface area contributed by atoms with Crippen molar-refractivity contribution in [3.63, 3.8) is 0 Å². The number of hydrogen-bond acceptors (Lipinski definition) is 4. The van der Waals surface area contributed by atoms with Crippen molar-refractivity contribution in [3.05, 3.63) is 40.5 Å². The van der Waals surface area contributed by atoms with Crippen LogP contribution in [0.3, 0.4) is 0 Å². The topological polar surface area (TPSA) is 41.1 Å². The van der Waals surface area contributed by atoms with E-state index in [0.717, 1.165) is 34.8 Å². The normalized spacial score (nSPS) is 15.0. The van der Waals surface area contributed by atoms with Gasteiger partial charge in [0.15, 0.2) is 0 Å². The van der Waals surface area contributed by atoms with Crippen molar-refractivity contribution in [1.29, 1.82) is 0 Å². The van der Waals surface area contributed by atoms with Crippen molar-refractivity contribution in [2.24, 2.45) is 0 Å². The molecule has 1 aromatic heterocycles. The van der Waals surface area contributed by atoms with E-state index >= 15 is 0 Å². The first-order chi connectivity index (χ1) is 10.2. The zero-order valence-corrected chi connectivity index (χ0v) is 13.7. The Hall–Kier alpha value is -1.62. The van der Waals surface area contributed by atoms with Crippen LogP contribution in [0, 0.1) is 6.92 Å². The second-order valence-electron chi connectivity index (χ2n) is 5.37. The van der Waals surface area contributed by atoms with E-state index in [1.54, 1.807) is 0 Å². The summed E-state index contributed by atoms with van der Waals surface area (Å²) in [6.07, 6.45) is 3.82. The molecule has 1 fully saturated rings. The molecule has 21 heavy (non-hydrogen) atoms. The summed E-state index contributed by atoms with van der Waals surface area (Å²) < 4.78 is 1.04. The number of piperidine rings is 1. The van der Waals surface area contributed by atoms with Crippen LogP contribution in [0.5, 0.6) is 0 Å². The van der Waals surface area contributed by atoms with Gasteiger partial charge in [-0.05, 0) is 44.4 Å². The first kappa shape index (κ1) is 14.3. The Kier molecular flexibility index (Phi) is 4.39. The van der Waals surface area contributed by atoms with E-state index in [2.05, 4.69) is 42.2 Å². The fraction of sp³-hybridized carbons (Fsp3) is 0.375. The highest BCUT2D eigenvalue weighted by Gasteiger charge is 2.13. The van der Waals surface area contributed by atoms with Crippen molar-refractivity contribution in [3.8, 4) is 0 Å². The number of aryl methyl sites for hydroxylation is 1. The molecular formula is C16H19BrN4. The summed E-state index contributed by atoms with van der Waals surface area (Å²) in [4.78, 5) is 11.5. The van der Waals surface area contributed by atoms with Gasteiger partial charge in [0, 0.05) is 35.0 Å². The molecule has 2 heterocycles. The van der Waals surface area contributed by atoms with Crippen molar-refractivity contribution >= 4 is 33.4 Å². The number of nitrogens with one attached hydrogen (secondary N) is 1. The highest BCUT2D eigenvalue weighted by molar-refractivity contribution is 9.10. The second-order valence-corrected chi connectivity index (χ2v) is 6.29. The predicted molar refractivity (Wildman–Crippen MR) is 90.3 cm³/mol. The molecule has 0 amide bonds. The third-order valence-electron chi connectivity index (χ3n) is 3.60. The Morgan fingerprint density at radius 2 is 1.90 bits per heavy atom. The van der Waals surface area contributed by atoms with Gasteiger partial charge in [-0.3, -0.25) is 0 Å². The lowest BCUT2D eigenvalue weighted by molar-refractivity contribution is 0.573. The molecule has 0 aliphatic carbocycles. The molecule has 0 spiro atoms. The SMILES string of the molecule is Cc1cc(N2CCCCC2)nc(Nc2cccc(Br)c2)n1. The average Bonchev–Trinajstić information content (AvgIpc) is 2.47. The summed E-state index contributed by atoms with van der Waals surface area (Å²) in [6, 6.07) is 10.1. The quantitative estimate of drug-likeness (QED) is 0.900. The molecule has 1 aliphatic rings. The van der Waals surface area contributed by atoms with Crippen LogP contribution in [0.25, 0.3) is 0 Å². The van der Waals surface area contributed by atoms with E-state index in [9.17, 15) is 0 Å². The van der Waals surface area contributed by atoms with Crippen molar-refractivity contribution in [2.75, 3.05) is 23.3 Å². The van der Waals surface area contributed by atoms with Gasteiger partial charge in [0.2, 0.25) is 5.95 Å². The van der Waals surface area contributed by atoms with Gasteiger partial charge in [-0.25, -0.2) is 4.98 Å². The van der Waals surface area contributed by atoms with E-state index in [0.29, 0.717) is 5.95 Å². The van der Waals surface area contributed by atoms with E-state index in [4.69, 9.17) is 0 Å². The number of anilines is 3. The lowest BCUT2D eigenvalue weighted by atomic mass is 10.1. The van der Waals surface area contributed by atoms with Gasteiger partial charge in [-0.15, -0.1) is 0 Å². The molecule has 1 aromatic carbocycles. The van der Waals surface area contributed by atoms with Crippen LogP contribution in [-0.4, -0.2) is 23.1 Å². The number of halogens is 1. The maximum Gasteiger partial charge on any atom is 0.229 e. The molecule has 4 nitrogen and oxygen atoms in total. The molecule has 3 rings (SSSR count). The van der Waals surface area contributed by atoms with Crippen LogP contribution >= 0.6 is 15.9 Å². The Bertz CT molecular complexity index is 623. The van der Waals surface area contributed by atoms with Gasteiger partial charge < -0.3 is 10.2 Å². The zero-order chi connectivity index (χ0) is 14.7. The average molecular weight is 347 g/mol. The van der Waals surface area contributed by atoms with Crippen LogP contribution in [0.1, 0.15) is 25.0 Å². The molecule has 0 atom stereocenters. The molecule has 5 heteroatoms. The summed E-state index contributed by atoms with van der Waals surface area (Å²) in [5, 5.41) is 3.29. The summed E-state index contributed by atoms with van der Waals surface area (Å²) in [5.74, 6) is 1.69. The van der Waals surface area contributed by atoms with Crippen LogP contribution in [0.2, 0.25) is 0 Å². The monoisotopic (exact) mass is 346 g/mol. The van der Waals surface area contributed by atoms with Gasteiger partial charge in [0.1, 0.15) is 5.82 Å². The molecule has 1 aliphatic heterocycles. The maximum atomic E-state index is 4.67. The van der Waals surface area contributed by atoms with Crippen LogP contribution in [0.4, 0.5) is 17.5 Å². The lowest BCUT2D eigenvalue weighted by Gasteiger charge is -2.28.